The van der Waals surface area contributed by atoms with Crippen LogP contribution in [0.5, 0.6) is 0 Å². The molecule has 0 amide bonds. The van der Waals surface area contributed by atoms with Crippen molar-refractivity contribution in [1.29, 1.82) is 0 Å². The zero-order valence-corrected chi connectivity index (χ0v) is 10.1. The second kappa shape index (κ2) is 5.28. The Balaban J connectivity index is 2.16. The third-order valence-electron chi connectivity index (χ3n) is 3.43. The van der Waals surface area contributed by atoms with Gasteiger partial charge in [0.15, 0.2) is 0 Å². The Kier molecular flexibility index (Phi) is 3.92. The molecule has 0 aliphatic carbocycles. The molecule has 1 aromatic rings. The lowest BCUT2D eigenvalue weighted by molar-refractivity contribution is -0.137. The molecule has 1 atom stereocenters. The monoisotopic (exact) mass is 258 g/mol. The maximum absolute atomic E-state index is 12.5. The number of hydrogen-bond acceptors (Lipinski definition) is 2. The molecule has 2 rings (SSSR count). The molecule has 100 valence electrons. The number of halogens is 3. The topological polar surface area (TPSA) is 29.3 Å². The summed E-state index contributed by atoms with van der Waals surface area (Å²) in [6.45, 7) is 2.39. The van der Waals surface area contributed by atoms with Crippen LogP contribution in [0.3, 0.4) is 0 Å². The lowest BCUT2D eigenvalue weighted by Gasteiger charge is -2.26. The zero-order chi connectivity index (χ0) is 13.2. The summed E-state index contributed by atoms with van der Waals surface area (Å²) in [6, 6.07) is 5.38. The van der Waals surface area contributed by atoms with E-state index in [1.54, 1.807) is 12.1 Å². The summed E-state index contributed by atoms with van der Waals surface area (Å²) >= 11 is 0. The highest BCUT2D eigenvalue weighted by Crippen LogP contribution is 2.31. The van der Waals surface area contributed by atoms with Crippen LogP contribution in [0.25, 0.3) is 0 Å². The summed E-state index contributed by atoms with van der Waals surface area (Å²) in [5.74, 6) is 0. The molecule has 0 spiro atoms. The number of hydrogen-bond donors (Lipinski definition) is 1. The molecule has 1 aliphatic heterocycles. The lowest BCUT2D eigenvalue weighted by atomic mass is 10.0. The van der Waals surface area contributed by atoms with Crippen LogP contribution >= 0.6 is 0 Å². The Morgan fingerprint density at radius 3 is 2.11 bits per heavy atom. The average Bonchev–Trinajstić information content (AvgIpc) is 2.83. The van der Waals surface area contributed by atoms with E-state index in [1.807, 2.05) is 0 Å². The van der Waals surface area contributed by atoms with Crippen LogP contribution in [0.1, 0.15) is 30.0 Å². The smallest absolute Gasteiger partial charge is 0.329 e. The first-order valence-corrected chi connectivity index (χ1v) is 6.13. The molecular weight excluding hydrogens is 241 g/mol. The van der Waals surface area contributed by atoms with Crippen LogP contribution in [0.15, 0.2) is 24.3 Å². The van der Waals surface area contributed by atoms with Crippen molar-refractivity contribution in [2.24, 2.45) is 5.73 Å². The molecular formula is C13H17F3N2. The van der Waals surface area contributed by atoms with Crippen molar-refractivity contribution in [3.05, 3.63) is 35.4 Å². The van der Waals surface area contributed by atoms with Crippen LogP contribution in [-0.2, 0) is 6.18 Å². The van der Waals surface area contributed by atoms with Gasteiger partial charge in [-0.1, -0.05) is 12.1 Å². The van der Waals surface area contributed by atoms with Gasteiger partial charge in [-0.25, -0.2) is 0 Å². The number of nitrogens with two attached hydrogens (primary N) is 1. The Morgan fingerprint density at radius 2 is 1.67 bits per heavy atom. The largest absolute Gasteiger partial charge is 0.416 e. The van der Waals surface area contributed by atoms with Gasteiger partial charge in [0.1, 0.15) is 0 Å². The number of benzene rings is 1. The molecule has 0 saturated carbocycles. The molecule has 1 heterocycles. The Hall–Kier alpha value is -1.07. The van der Waals surface area contributed by atoms with Gasteiger partial charge in [-0.15, -0.1) is 0 Å². The van der Waals surface area contributed by atoms with Gasteiger partial charge in [0, 0.05) is 12.6 Å². The van der Waals surface area contributed by atoms with Crippen molar-refractivity contribution in [3.8, 4) is 0 Å². The Morgan fingerprint density at radius 1 is 1.11 bits per heavy atom. The van der Waals surface area contributed by atoms with Crippen molar-refractivity contribution in [3.63, 3.8) is 0 Å². The van der Waals surface area contributed by atoms with Crippen molar-refractivity contribution in [1.82, 2.24) is 4.90 Å². The van der Waals surface area contributed by atoms with E-state index >= 15 is 0 Å². The van der Waals surface area contributed by atoms with Crippen LogP contribution in [-0.4, -0.2) is 24.5 Å². The summed E-state index contributed by atoms with van der Waals surface area (Å²) in [5.41, 5.74) is 6.00. The third kappa shape index (κ3) is 2.84. The van der Waals surface area contributed by atoms with Crippen molar-refractivity contribution in [2.75, 3.05) is 19.6 Å². The summed E-state index contributed by atoms with van der Waals surface area (Å²) in [5, 5.41) is 0. The average molecular weight is 258 g/mol. The van der Waals surface area contributed by atoms with E-state index in [1.165, 1.54) is 0 Å². The maximum Gasteiger partial charge on any atom is 0.416 e. The maximum atomic E-state index is 12.5. The Labute approximate surface area is 105 Å². The fourth-order valence-corrected chi connectivity index (χ4v) is 2.44. The highest BCUT2D eigenvalue weighted by Gasteiger charge is 2.30. The van der Waals surface area contributed by atoms with Gasteiger partial charge in [-0.2, -0.15) is 13.2 Å². The molecule has 1 fully saturated rings. The molecule has 0 unspecified atom stereocenters. The number of nitrogens with zero attached hydrogens (tertiary/aromatic N) is 1. The summed E-state index contributed by atoms with van der Waals surface area (Å²) in [7, 11) is 0. The molecule has 18 heavy (non-hydrogen) atoms. The fraction of sp³-hybridized carbons (Fsp3) is 0.538. The molecule has 5 heteroatoms. The fourth-order valence-electron chi connectivity index (χ4n) is 2.44. The minimum atomic E-state index is -4.27. The van der Waals surface area contributed by atoms with E-state index in [4.69, 9.17) is 5.73 Å². The predicted octanol–water partition coefficient (Wildman–Crippen LogP) is 2.80. The number of likely N-dealkylation sites (tertiary alicyclic amines) is 1. The molecule has 0 bridgehead atoms. The standard InChI is InChI=1S/C13H17F3N2/c14-13(15,16)11-5-3-10(4-6-11)12(9-17)18-7-1-2-8-18/h3-6,12H,1-2,7-9,17H2/t12-/m1/s1. The summed E-state index contributed by atoms with van der Waals surface area (Å²) < 4.78 is 37.4. The summed E-state index contributed by atoms with van der Waals surface area (Å²) in [4.78, 5) is 2.24. The molecule has 1 aromatic carbocycles. The number of rotatable bonds is 3. The number of alkyl halides is 3. The van der Waals surface area contributed by atoms with Gasteiger partial charge in [0.25, 0.3) is 0 Å². The van der Waals surface area contributed by atoms with Gasteiger partial charge in [-0.05, 0) is 43.6 Å². The second-order valence-electron chi connectivity index (χ2n) is 4.61. The van der Waals surface area contributed by atoms with E-state index < -0.39 is 11.7 Å². The van der Waals surface area contributed by atoms with E-state index in [0.29, 0.717) is 6.54 Å². The van der Waals surface area contributed by atoms with E-state index in [9.17, 15) is 13.2 Å². The van der Waals surface area contributed by atoms with Gasteiger partial charge < -0.3 is 5.73 Å². The molecule has 0 radical (unpaired) electrons. The van der Waals surface area contributed by atoms with Crippen LogP contribution in [0, 0.1) is 0 Å². The predicted molar refractivity (Wildman–Crippen MR) is 64.0 cm³/mol. The molecule has 1 saturated heterocycles. The van der Waals surface area contributed by atoms with Gasteiger partial charge in [0.05, 0.1) is 5.56 Å². The van der Waals surface area contributed by atoms with Gasteiger partial charge >= 0.3 is 6.18 Å². The van der Waals surface area contributed by atoms with Crippen molar-refractivity contribution in [2.45, 2.75) is 25.1 Å². The first kappa shape index (κ1) is 13.4. The molecule has 1 aliphatic rings. The molecule has 2 nitrogen and oxygen atoms in total. The summed E-state index contributed by atoms with van der Waals surface area (Å²) in [6.07, 6.45) is -2.00. The van der Waals surface area contributed by atoms with E-state index in [-0.39, 0.29) is 6.04 Å². The second-order valence-corrected chi connectivity index (χ2v) is 4.61. The normalized spacial score (nSPS) is 19.1. The third-order valence-corrected chi connectivity index (χ3v) is 3.43. The Bertz CT molecular complexity index is 380. The first-order valence-electron chi connectivity index (χ1n) is 6.13. The quantitative estimate of drug-likeness (QED) is 0.903. The first-order chi connectivity index (χ1) is 8.52. The van der Waals surface area contributed by atoms with Crippen LogP contribution < -0.4 is 5.73 Å². The van der Waals surface area contributed by atoms with Gasteiger partial charge in [0.2, 0.25) is 0 Å². The minimum absolute atomic E-state index is 0.0368. The highest BCUT2D eigenvalue weighted by molar-refractivity contribution is 5.27. The highest BCUT2D eigenvalue weighted by atomic mass is 19.4. The van der Waals surface area contributed by atoms with Crippen LogP contribution in [0.2, 0.25) is 0 Å². The SMILES string of the molecule is NC[C@H](c1ccc(C(F)(F)F)cc1)N1CCCC1. The van der Waals surface area contributed by atoms with Crippen LogP contribution in [0.4, 0.5) is 13.2 Å². The molecule has 2 N–H and O–H groups in total. The zero-order valence-electron chi connectivity index (χ0n) is 10.1. The molecule has 0 aromatic heterocycles. The van der Waals surface area contributed by atoms with Crippen molar-refractivity contribution >= 4 is 0 Å². The minimum Gasteiger partial charge on any atom is -0.329 e. The lowest BCUT2D eigenvalue weighted by Crippen LogP contribution is -2.31. The van der Waals surface area contributed by atoms with Gasteiger partial charge in [-0.3, -0.25) is 4.90 Å². The van der Waals surface area contributed by atoms with Crippen molar-refractivity contribution < 1.29 is 13.2 Å². The van der Waals surface area contributed by atoms with E-state index in [2.05, 4.69) is 4.90 Å². The van der Waals surface area contributed by atoms with E-state index in [0.717, 1.165) is 43.6 Å².